The van der Waals surface area contributed by atoms with Gasteiger partial charge in [-0.15, -0.1) is 0 Å². The van der Waals surface area contributed by atoms with Crippen LogP contribution in [0.1, 0.15) is 18.4 Å². The van der Waals surface area contributed by atoms with Crippen LogP contribution < -0.4 is 10.6 Å². The number of aliphatic hydroxyl groups is 1. The monoisotopic (exact) mass is 294 g/mol. The van der Waals surface area contributed by atoms with Gasteiger partial charge in [-0.1, -0.05) is 6.07 Å². The molecule has 0 bridgehead atoms. The van der Waals surface area contributed by atoms with Crippen molar-refractivity contribution in [2.45, 2.75) is 18.9 Å². The number of aromatic nitrogens is 1. The fourth-order valence-electron chi connectivity index (χ4n) is 3.02. The molecule has 0 saturated carbocycles. The van der Waals surface area contributed by atoms with E-state index in [1.807, 2.05) is 18.2 Å². The minimum absolute atomic E-state index is 0.113. The zero-order valence-corrected chi connectivity index (χ0v) is 12.2. The summed E-state index contributed by atoms with van der Waals surface area (Å²) >= 11 is 0. The lowest BCUT2D eigenvalue weighted by atomic mass is 10.0. The van der Waals surface area contributed by atoms with E-state index in [0.29, 0.717) is 11.3 Å². The third kappa shape index (κ3) is 2.49. The van der Waals surface area contributed by atoms with Gasteiger partial charge in [0.25, 0.3) is 0 Å². The maximum Gasteiger partial charge on any atom is 0.0999 e. The number of nitrogens with zero attached hydrogens (tertiary/aromatic N) is 3. The molecule has 0 radical (unpaired) electrons. The van der Waals surface area contributed by atoms with Crippen LogP contribution in [0.2, 0.25) is 0 Å². The highest BCUT2D eigenvalue weighted by atomic mass is 16.3. The number of nitriles is 1. The van der Waals surface area contributed by atoms with Crippen molar-refractivity contribution in [2.24, 2.45) is 0 Å². The predicted octanol–water partition coefficient (Wildman–Crippen LogP) is 2.16. The summed E-state index contributed by atoms with van der Waals surface area (Å²) in [5, 5.41) is 18.8. The number of aliphatic hydroxyl groups excluding tert-OH is 1. The van der Waals surface area contributed by atoms with Gasteiger partial charge < -0.3 is 15.7 Å². The Morgan fingerprint density at radius 1 is 1.41 bits per heavy atom. The zero-order valence-electron chi connectivity index (χ0n) is 12.2. The number of hydrogen-bond acceptors (Lipinski definition) is 5. The highest BCUT2D eigenvalue weighted by molar-refractivity contribution is 5.79. The average molecular weight is 294 g/mol. The first kappa shape index (κ1) is 14.4. The number of nitrogens with two attached hydrogens (primary N) is 1. The fourth-order valence-corrected chi connectivity index (χ4v) is 3.02. The predicted molar refractivity (Wildman–Crippen MR) is 86.3 cm³/mol. The Kier molecular flexibility index (Phi) is 3.94. The van der Waals surface area contributed by atoms with Crippen molar-refractivity contribution < 1.29 is 5.11 Å². The molecule has 1 fully saturated rings. The van der Waals surface area contributed by atoms with Crippen molar-refractivity contribution in [3.05, 3.63) is 42.2 Å². The molecule has 3 rings (SSSR count). The largest absolute Gasteiger partial charge is 0.397 e. The van der Waals surface area contributed by atoms with E-state index in [4.69, 9.17) is 5.73 Å². The van der Waals surface area contributed by atoms with E-state index >= 15 is 0 Å². The normalized spacial score (nSPS) is 17.5. The minimum Gasteiger partial charge on any atom is -0.397 e. The van der Waals surface area contributed by atoms with E-state index in [0.717, 1.165) is 36.2 Å². The van der Waals surface area contributed by atoms with Gasteiger partial charge in [0.1, 0.15) is 0 Å². The molecule has 0 amide bonds. The topological polar surface area (TPSA) is 86.2 Å². The molecular weight excluding hydrogens is 276 g/mol. The third-order valence-corrected chi connectivity index (χ3v) is 4.18. The lowest BCUT2D eigenvalue weighted by Crippen LogP contribution is -2.32. The second kappa shape index (κ2) is 6.04. The third-order valence-electron chi connectivity index (χ3n) is 4.18. The second-order valence-corrected chi connectivity index (χ2v) is 5.48. The summed E-state index contributed by atoms with van der Waals surface area (Å²) in [7, 11) is 0. The average Bonchev–Trinajstić information content (AvgIpc) is 3.03. The minimum atomic E-state index is 0.113. The van der Waals surface area contributed by atoms with Crippen LogP contribution >= 0.6 is 0 Å². The summed E-state index contributed by atoms with van der Waals surface area (Å²) in [6.07, 6.45) is 5.33. The summed E-state index contributed by atoms with van der Waals surface area (Å²) in [6.45, 7) is 1.01. The van der Waals surface area contributed by atoms with Crippen molar-refractivity contribution in [2.75, 3.05) is 23.8 Å². The van der Waals surface area contributed by atoms with Gasteiger partial charge in [-0.2, -0.15) is 5.26 Å². The zero-order chi connectivity index (χ0) is 15.5. The number of benzene rings is 1. The quantitative estimate of drug-likeness (QED) is 0.847. The van der Waals surface area contributed by atoms with E-state index < -0.39 is 0 Å². The molecule has 2 aromatic rings. The van der Waals surface area contributed by atoms with Gasteiger partial charge in [-0.25, -0.2) is 0 Å². The van der Waals surface area contributed by atoms with Crippen LogP contribution in [-0.2, 0) is 0 Å². The van der Waals surface area contributed by atoms with Crippen molar-refractivity contribution in [3.63, 3.8) is 0 Å². The van der Waals surface area contributed by atoms with E-state index in [9.17, 15) is 10.4 Å². The summed E-state index contributed by atoms with van der Waals surface area (Å²) in [6, 6.07) is 9.76. The van der Waals surface area contributed by atoms with Gasteiger partial charge in [0, 0.05) is 24.5 Å². The molecule has 5 nitrogen and oxygen atoms in total. The molecule has 0 spiro atoms. The van der Waals surface area contributed by atoms with Crippen molar-refractivity contribution in [1.29, 1.82) is 5.26 Å². The highest BCUT2D eigenvalue weighted by Gasteiger charge is 2.25. The Morgan fingerprint density at radius 2 is 2.27 bits per heavy atom. The molecule has 3 N–H and O–H groups in total. The van der Waals surface area contributed by atoms with Crippen molar-refractivity contribution in [1.82, 2.24) is 4.98 Å². The summed E-state index contributed by atoms with van der Waals surface area (Å²) in [5.41, 5.74) is 10.0. The van der Waals surface area contributed by atoms with E-state index in [-0.39, 0.29) is 12.6 Å². The van der Waals surface area contributed by atoms with Crippen molar-refractivity contribution in [3.8, 4) is 17.2 Å². The highest BCUT2D eigenvalue weighted by Crippen LogP contribution is 2.34. The van der Waals surface area contributed by atoms with E-state index in [2.05, 4.69) is 16.0 Å². The van der Waals surface area contributed by atoms with Gasteiger partial charge >= 0.3 is 0 Å². The van der Waals surface area contributed by atoms with Gasteiger partial charge in [-0.3, -0.25) is 4.98 Å². The number of rotatable bonds is 3. The smallest absolute Gasteiger partial charge is 0.0999 e. The standard InChI is InChI=1S/C17H18N4O/c18-9-13-5-6-20-10-15(13)12-3-4-16(19)17(8-12)21-7-1-2-14(21)11-22/h3-6,8,10,14,22H,1-2,7,11,19H2/t14-/m0/s1. The van der Waals surface area contributed by atoms with Crippen LogP contribution in [0.4, 0.5) is 11.4 Å². The molecule has 0 aliphatic carbocycles. The Labute approximate surface area is 129 Å². The fraction of sp³-hybridized carbons (Fsp3) is 0.294. The maximum absolute atomic E-state index is 9.52. The molecule has 0 unspecified atom stereocenters. The van der Waals surface area contributed by atoms with Crippen LogP contribution in [0.3, 0.4) is 0 Å². The molecular formula is C17H18N4O. The molecule has 5 heteroatoms. The first-order valence-corrected chi connectivity index (χ1v) is 7.36. The Bertz CT molecular complexity index is 723. The Morgan fingerprint density at radius 3 is 3.05 bits per heavy atom. The molecule has 1 aromatic heterocycles. The van der Waals surface area contributed by atoms with Gasteiger partial charge in [0.15, 0.2) is 0 Å². The van der Waals surface area contributed by atoms with Gasteiger partial charge in [0.2, 0.25) is 0 Å². The van der Waals surface area contributed by atoms with Gasteiger partial charge in [0.05, 0.1) is 35.7 Å². The first-order chi connectivity index (χ1) is 10.7. The number of nitrogen functional groups attached to an aromatic ring is 1. The second-order valence-electron chi connectivity index (χ2n) is 5.48. The van der Waals surface area contributed by atoms with E-state index in [1.165, 1.54) is 0 Å². The molecule has 1 aromatic carbocycles. The summed E-state index contributed by atoms with van der Waals surface area (Å²) in [4.78, 5) is 6.27. The Balaban J connectivity index is 2.05. The van der Waals surface area contributed by atoms with Gasteiger partial charge in [-0.05, 0) is 36.6 Å². The lowest BCUT2D eigenvalue weighted by molar-refractivity contribution is 0.266. The molecule has 112 valence electrons. The van der Waals surface area contributed by atoms with Crippen LogP contribution in [0.25, 0.3) is 11.1 Å². The van der Waals surface area contributed by atoms with Crippen LogP contribution in [-0.4, -0.2) is 29.3 Å². The lowest BCUT2D eigenvalue weighted by Gasteiger charge is -2.27. The SMILES string of the molecule is N#Cc1ccncc1-c1ccc(N)c(N2CCC[C@H]2CO)c1. The summed E-state index contributed by atoms with van der Waals surface area (Å²) in [5.74, 6) is 0. The maximum atomic E-state index is 9.52. The van der Waals surface area contributed by atoms with Crippen molar-refractivity contribution >= 4 is 11.4 Å². The number of hydrogen-bond donors (Lipinski definition) is 2. The van der Waals surface area contributed by atoms with Crippen LogP contribution in [0.15, 0.2) is 36.7 Å². The number of anilines is 2. The Hall–Kier alpha value is -2.58. The molecule has 1 saturated heterocycles. The molecule has 22 heavy (non-hydrogen) atoms. The first-order valence-electron chi connectivity index (χ1n) is 7.36. The molecule has 1 aliphatic rings. The summed E-state index contributed by atoms with van der Waals surface area (Å²) < 4.78 is 0. The number of pyridine rings is 1. The molecule has 1 aliphatic heterocycles. The van der Waals surface area contributed by atoms with Crippen LogP contribution in [0.5, 0.6) is 0 Å². The van der Waals surface area contributed by atoms with Crippen LogP contribution in [0, 0.1) is 11.3 Å². The van der Waals surface area contributed by atoms with E-state index in [1.54, 1.807) is 18.5 Å². The molecule has 1 atom stereocenters. The molecule has 2 heterocycles.